The van der Waals surface area contributed by atoms with Crippen LogP contribution in [0.25, 0.3) is 0 Å². The highest BCUT2D eigenvalue weighted by molar-refractivity contribution is 7.89. The molecule has 12 heteroatoms. The van der Waals surface area contributed by atoms with Gasteiger partial charge in [0.1, 0.15) is 6.04 Å². The normalized spacial score (nSPS) is 22.5. The van der Waals surface area contributed by atoms with Gasteiger partial charge in [-0.2, -0.15) is 25.4 Å². The van der Waals surface area contributed by atoms with Crippen LogP contribution in [-0.2, 0) is 25.1 Å². The summed E-state index contributed by atoms with van der Waals surface area (Å²) in [5, 5.41) is -0.448. The van der Waals surface area contributed by atoms with Crippen LogP contribution in [0, 0.1) is 6.92 Å². The standard InChI is InChI=1S/C12H17N3O6S3/c1-8-2-4-10(5-3-8)23(17,18)14-13-12(16)11-6-9(22)7-15(11)24(19,20)21/h2-5,9,11,14,22H,6-7H2,1H3,(H,13,16)(H,19,20,21). The summed E-state index contributed by atoms with van der Waals surface area (Å²) >= 11 is 4.09. The van der Waals surface area contributed by atoms with Gasteiger partial charge in [0.25, 0.3) is 15.9 Å². The molecule has 2 unspecified atom stereocenters. The van der Waals surface area contributed by atoms with E-state index in [1.807, 2.05) is 10.3 Å². The first-order chi connectivity index (χ1) is 11.0. The summed E-state index contributed by atoms with van der Waals surface area (Å²) in [5.41, 5.74) is 2.84. The summed E-state index contributed by atoms with van der Waals surface area (Å²) in [6.45, 7) is 1.65. The van der Waals surface area contributed by atoms with Gasteiger partial charge in [0.2, 0.25) is 0 Å². The average molecular weight is 395 g/mol. The van der Waals surface area contributed by atoms with E-state index in [0.717, 1.165) is 5.56 Å². The minimum atomic E-state index is -4.59. The lowest BCUT2D eigenvalue weighted by molar-refractivity contribution is -0.124. The maximum absolute atomic E-state index is 12.1. The summed E-state index contributed by atoms with van der Waals surface area (Å²) in [6.07, 6.45) is 0.0427. The Morgan fingerprint density at radius 1 is 1.25 bits per heavy atom. The molecule has 9 nitrogen and oxygen atoms in total. The highest BCUT2D eigenvalue weighted by Gasteiger charge is 2.42. The Hall–Kier alpha value is -1.18. The molecule has 0 aliphatic carbocycles. The van der Waals surface area contributed by atoms with Gasteiger partial charge in [0.15, 0.2) is 0 Å². The second-order valence-electron chi connectivity index (χ2n) is 5.36. The molecule has 1 amide bonds. The zero-order valence-electron chi connectivity index (χ0n) is 12.6. The van der Waals surface area contributed by atoms with Gasteiger partial charge < -0.3 is 0 Å². The number of aryl methyl sites for hydroxylation is 1. The number of hydrazine groups is 1. The first-order valence-electron chi connectivity index (χ1n) is 6.81. The number of sulfonamides is 1. The van der Waals surface area contributed by atoms with Crippen LogP contribution in [0.2, 0.25) is 0 Å². The van der Waals surface area contributed by atoms with Crippen LogP contribution in [-0.4, -0.2) is 49.4 Å². The third-order valence-corrected chi connectivity index (χ3v) is 6.11. The maximum atomic E-state index is 12.1. The van der Waals surface area contributed by atoms with Crippen molar-refractivity contribution in [2.75, 3.05) is 6.54 Å². The molecular weight excluding hydrogens is 378 g/mol. The first kappa shape index (κ1) is 19.1. The number of rotatable bonds is 5. The lowest BCUT2D eigenvalue weighted by atomic mass is 10.2. The predicted octanol–water partition coefficient (Wildman–Crippen LogP) is -0.520. The molecule has 0 aromatic heterocycles. The molecule has 0 spiro atoms. The van der Waals surface area contributed by atoms with Gasteiger partial charge in [-0.1, -0.05) is 17.7 Å². The van der Waals surface area contributed by atoms with E-state index in [1.165, 1.54) is 12.1 Å². The van der Waals surface area contributed by atoms with Crippen molar-refractivity contribution in [1.82, 2.24) is 14.6 Å². The molecule has 2 rings (SSSR count). The van der Waals surface area contributed by atoms with E-state index in [0.29, 0.717) is 4.31 Å². The van der Waals surface area contributed by atoms with Crippen LogP contribution in [0.4, 0.5) is 0 Å². The number of carbonyl (C=O) groups excluding carboxylic acids is 1. The SMILES string of the molecule is Cc1ccc(S(=O)(=O)NNC(=O)C2CC(S)CN2S(=O)(=O)O)cc1. The molecule has 1 aromatic carbocycles. The van der Waals surface area contributed by atoms with E-state index in [4.69, 9.17) is 4.55 Å². The van der Waals surface area contributed by atoms with Gasteiger partial charge in [0.05, 0.1) is 4.90 Å². The van der Waals surface area contributed by atoms with Gasteiger partial charge >= 0.3 is 10.3 Å². The Kier molecular flexibility index (Phi) is 5.57. The fourth-order valence-corrected chi connectivity index (χ4v) is 4.46. The summed E-state index contributed by atoms with van der Waals surface area (Å²) in [5.74, 6) is -0.903. The Morgan fingerprint density at radius 3 is 2.38 bits per heavy atom. The number of nitrogens with zero attached hydrogens (tertiary/aromatic N) is 1. The number of benzene rings is 1. The number of carbonyl (C=O) groups is 1. The van der Waals surface area contributed by atoms with Gasteiger partial charge in [-0.25, -0.2) is 8.42 Å². The van der Waals surface area contributed by atoms with Crippen molar-refractivity contribution in [2.45, 2.75) is 29.5 Å². The monoisotopic (exact) mass is 395 g/mol. The fraction of sp³-hybridized carbons (Fsp3) is 0.417. The van der Waals surface area contributed by atoms with Crippen molar-refractivity contribution in [2.24, 2.45) is 0 Å². The van der Waals surface area contributed by atoms with Crippen LogP contribution in [0.5, 0.6) is 0 Å². The van der Waals surface area contributed by atoms with Crippen molar-refractivity contribution < 1.29 is 26.2 Å². The number of thiol groups is 1. The summed E-state index contributed by atoms with van der Waals surface area (Å²) in [4.78, 5) is 13.9. The minimum Gasteiger partial charge on any atom is -0.276 e. The molecule has 0 bridgehead atoms. The number of amides is 1. The number of hydrogen-bond donors (Lipinski definition) is 4. The lowest BCUT2D eigenvalue weighted by Crippen LogP contribution is -2.51. The number of nitrogens with one attached hydrogen (secondary N) is 2. The summed E-state index contributed by atoms with van der Waals surface area (Å²) < 4.78 is 56.4. The molecule has 1 aromatic rings. The first-order valence-corrected chi connectivity index (χ1v) is 10.2. The van der Waals surface area contributed by atoms with Gasteiger partial charge in [-0.05, 0) is 25.5 Å². The Labute approximate surface area is 145 Å². The Morgan fingerprint density at radius 2 is 1.83 bits per heavy atom. The Bertz CT molecular complexity index is 822. The molecule has 1 aliphatic heterocycles. The minimum absolute atomic E-state index is 0.0427. The van der Waals surface area contributed by atoms with E-state index in [9.17, 15) is 21.6 Å². The average Bonchev–Trinajstić information content (AvgIpc) is 2.87. The molecule has 0 radical (unpaired) electrons. The van der Waals surface area contributed by atoms with Crippen molar-refractivity contribution in [3.63, 3.8) is 0 Å². The molecule has 1 fully saturated rings. The van der Waals surface area contributed by atoms with E-state index in [-0.39, 0.29) is 17.9 Å². The smallest absolute Gasteiger partial charge is 0.276 e. The molecule has 1 saturated heterocycles. The van der Waals surface area contributed by atoms with E-state index >= 15 is 0 Å². The van der Waals surface area contributed by atoms with Crippen LogP contribution in [0.3, 0.4) is 0 Å². The largest absolute Gasteiger partial charge is 0.336 e. The quantitative estimate of drug-likeness (QED) is 0.301. The molecule has 0 saturated carbocycles. The maximum Gasteiger partial charge on any atom is 0.336 e. The lowest BCUT2D eigenvalue weighted by Gasteiger charge is -2.20. The number of hydrogen-bond acceptors (Lipinski definition) is 6. The van der Waals surface area contributed by atoms with Crippen molar-refractivity contribution in [3.8, 4) is 0 Å². The second-order valence-corrected chi connectivity index (χ2v) is 9.14. The van der Waals surface area contributed by atoms with Crippen molar-refractivity contribution >= 4 is 38.9 Å². The summed E-state index contributed by atoms with van der Waals surface area (Å²) in [7, 11) is -8.59. The van der Waals surface area contributed by atoms with E-state index in [2.05, 4.69) is 12.6 Å². The molecule has 1 heterocycles. The molecule has 1 aliphatic rings. The highest BCUT2D eigenvalue weighted by Crippen LogP contribution is 2.24. The third-order valence-electron chi connectivity index (χ3n) is 3.47. The zero-order chi connectivity index (χ0) is 18.1. The summed E-state index contributed by atoms with van der Waals surface area (Å²) in [6, 6.07) is 4.68. The Balaban J connectivity index is 2.08. The van der Waals surface area contributed by atoms with Gasteiger partial charge in [-0.15, -0.1) is 4.83 Å². The van der Waals surface area contributed by atoms with Crippen LogP contribution < -0.4 is 10.3 Å². The van der Waals surface area contributed by atoms with E-state index < -0.39 is 37.5 Å². The van der Waals surface area contributed by atoms with Crippen LogP contribution in [0.15, 0.2) is 29.2 Å². The van der Waals surface area contributed by atoms with Crippen molar-refractivity contribution in [3.05, 3.63) is 29.8 Å². The van der Waals surface area contributed by atoms with E-state index in [1.54, 1.807) is 19.1 Å². The van der Waals surface area contributed by atoms with Crippen LogP contribution in [0.1, 0.15) is 12.0 Å². The molecule has 134 valence electrons. The topological polar surface area (TPSA) is 133 Å². The van der Waals surface area contributed by atoms with Gasteiger partial charge in [-0.3, -0.25) is 14.8 Å². The predicted molar refractivity (Wildman–Crippen MR) is 89.1 cm³/mol. The molecule has 24 heavy (non-hydrogen) atoms. The molecule has 2 atom stereocenters. The highest BCUT2D eigenvalue weighted by atomic mass is 32.2. The third kappa shape index (κ3) is 4.46. The van der Waals surface area contributed by atoms with Crippen LogP contribution >= 0.6 is 12.6 Å². The fourth-order valence-electron chi connectivity index (χ4n) is 2.25. The molecule has 3 N–H and O–H groups in total. The zero-order valence-corrected chi connectivity index (χ0v) is 15.1. The second kappa shape index (κ2) is 6.98. The van der Waals surface area contributed by atoms with Crippen molar-refractivity contribution in [1.29, 1.82) is 0 Å². The molecular formula is C12H17N3O6S3. The van der Waals surface area contributed by atoms with Gasteiger partial charge in [0, 0.05) is 11.8 Å².